The van der Waals surface area contributed by atoms with Crippen LogP contribution in [-0.2, 0) is 4.79 Å². The first-order valence-electron chi connectivity index (χ1n) is 9.22. The van der Waals surface area contributed by atoms with Gasteiger partial charge < -0.3 is 20.0 Å². The molecule has 2 fully saturated rings. The van der Waals surface area contributed by atoms with E-state index < -0.39 is 0 Å². The smallest absolute Gasteiger partial charge is 0.317 e. The Labute approximate surface area is 149 Å². The number of nitrogens with one attached hydrogen (secondary N) is 1. The fourth-order valence-electron chi connectivity index (χ4n) is 3.60. The third kappa shape index (κ3) is 4.65. The summed E-state index contributed by atoms with van der Waals surface area (Å²) in [5.41, 5.74) is 1.22. The van der Waals surface area contributed by atoms with Crippen molar-refractivity contribution in [2.45, 2.75) is 19.8 Å². The highest BCUT2D eigenvalue weighted by molar-refractivity contribution is 5.74. The molecule has 0 spiro atoms. The van der Waals surface area contributed by atoms with E-state index >= 15 is 0 Å². The van der Waals surface area contributed by atoms with E-state index in [4.69, 9.17) is 0 Å². The van der Waals surface area contributed by atoms with Crippen LogP contribution in [0.5, 0.6) is 0 Å². The van der Waals surface area contributed by atoms with Gasteiger partial charge in [-0.25, -0.2) is 4.79 Å². The van der Waals surface area contributed by atoms with Gasteiger partial charge in [0.25, 0.3) is 0 Å². The van der Waals surface area contributed by atoms with E-state index in [0.717, 1.165) is 52.1 Å². The lowest BCUT2D eigenvalue weighted by atomic mass is 9.97. The summed E-state index contributed by atoms with van der Waals surface area (Å²) in [5, 5.41) is 3.09. The lowest BCUT2D eigenvalue weighted by Crippen LogP contribution is -2.52. The second-order valence-corrected chi connectivity index (χ2v) is 6.95. The number of carbonyl (C=O) groups excluding carboxylic acids is 2. The summed E-state index contributed by atoms with van der Waals surface area (Å²) in [6.45, 7) is 7.20. The second kappa shape index (κ2) is 8.23. The molecular weight excluding hydrogens is 316 g/mol. The SMILES string of the molecule is CC(=O)N1CCC(CNC(=O)N2CCN(c3ccccc3)CC2)CC1. The Morgan fingerprint density at radius 1 is 0.960 bits per heavy atom. The number of piperazine rings is 1. The minimum atomic E-state index is 0.0432. The maximum absolute atomic E-state index is 12.4. The van der Waals surface area contributed by atoms with Gasteiger partial charge in [0.1, 0.15) is 0 Å². The van der Waals surface area contributed by atoms with Gasteiger partial charge in [-0.1, -0.05) is 18.2 Å². The van der Waals surface area contributed by atoms with Gasteiger partial charge in [-0.3, -0.25) is 4.79 Å². The van der Waals surface area contributed by atoms with Gasteiger partial charge in [-0.05, 0) is 30.9 Å². The van der Waals surface area contributed by atoms with E-state index in [9.17, 15) is 9.59 Å². The van der Waals surface area contributed by atoms with Gasteiger partial charge in [-0.15, -0.1) is 0 Å². The third-order valence-corrected chi connectivity index (χ3v) is 5.29. The molecule has 0 radical (unpaired) electrons. The quantitative estimate of drug-likeness (QED) is 0.909. The number of carbonyl (C=O) groups is 2. The Morgan fingerprint density at radius 2 is 1.60 bits per heavy atom. The second-order valence-electron chi connectivity index (χ2n) is 6.95. The van der Waals surface area contributed by atoms with Crippen molar-refractivity contribution in [3.8, 4) is 0 Å². The van der Waals surface area contributed by atoms with Crippen molar-refractivity contribution in [3.05, 3.63) is 30.3 Å². The first-order valence-corrected chi connectivity index (χ1v) is 9.22. The summed E-state index contributed by atoms with van der Waals surface area (Å²) in [7, 11) is 0. The summed E-state index contributed by atoms with van der Waals surface area (Å²) in [6.07, 6.45) is 1.95. The average molecular weight is 344 g/mol. The number of urea groups is 1. The van der Waals surface area contributed by atoms with Crippen LogP contribution < -0.4 is 10.2 Å². The number of piperidine rings is 1. The number of hydrogen-bond acceptors (Lipinski definition) is 3. The molecule has 0 bridgehead atoms. The Morgan fingerprint density at radius 3 is 2.20 bits per heavy atom. The number of amides is 3. The van der Waals surface area contributed by atoms with E-state index in [1.54, 1.807) is 6.92 Å². The Bertz CT molecular complexity index is 576. The van der Waals surface area contributed by atoms with Gasteiger partial charge >= 0.3 is 6.03 Å². The van der Waals surface area contributed by atoms with Crippen molar-refractivity contribution in [1.82, 2.24) is 15.1 Å². The Balaban J connectivity index is 1.38. The van der Waals surface area contributed by atoms with Crippen LogP contribution in [0.1, 0.15) is 19.8 Å². The molecule has 3 rings (SSSR count). The summed E-state index contributed by atoms with van der Waals surface area (Å²) in [5.74, 6) is 0.629. The molecule has 0 atom stereocenters. The van der Waals surface area contributed by atoms with Crippen LogP contribution >= 0.6 is 0 Å². The summed E-state index contributed by atoms with van der Waals surface area (Å²) in [4.78, 5) is 29.9. The third-order valence-electron chi connectivity index (χ3n) is 5.29. The number of anilines is 1. The molecule has 2 aliphatic rings. The highest BCUT2D eigenvalue weighted by atomic mass is 16.2. The van der Waals surface area contributed by atoms with Crippen molar-refractivity contribution in [2.75, 3.05) is 50.7 Å². The number of likely N-dealkylation sites (tertiary alicyclic amines) is 1. The predicted molar refractivity (Wildman–Crippen MR) is 98.6 cm³/mol. The zero-order valence-electron chi connectivity index (χ0n) is 15.0. The van der Waals surface area contributed by atoms with Crippen LogP contribution in [0.3, 0.4) is 0 Å². The van der Waals surface area contributed by atoms with Gasteiger partial charge in [-0.2, -0.15) is 0 Å². The topological polar surface area (TPSA) is 55.9 Å². The molecule has 0 aliphatic carbocycles. The minimum Gasteiger partial charge on any atom is -0.368 e. The summed E-state index contributed by atoms with van der Waals surface area (Å²) >= 11 is 0. The lowest BCUT2D eigenvalue weighted by Gasteiger charge is -2.36. The maximum atomic E-state index is 12.4. The summed E-state index contributed by atoms with van der Waals surface area (Å²) in [6, 6.07) is 10.4. The molecule has 3 amide bonds. The zero-order valence-corrected chi connectivity index (χ0v) is 15.0. The molecule has 0 saturated carbocycles. The largest absolute Gasteiger partial charge is 0.368 e. The van der Waals surface area contributed by atoms with Crippen molar-refractivity contribution < 1.29 is 9.59 Å². The van der Waals surface area contributed by atoms with E-state index in [1.165, 1.54) is 5.69 Å². The molecule has 136 valence electrons. The Hall–Kier alpha value is -2.24. The Kier molecular flexibility index (Phi) is 5.79. The predicted octanol–water partition coefficient (Wildman–Crippen LogP) is 1.78. The van der Waals surface area contributed by atoms with Crippen molar-refractivity contribution >= 4 is 17.6 Å². The molecule has 25 heavy (non-hydrogen) atoms. The van der Waals surface area contributed by atoms with Gasteiger partial charge in [0.15, 0.2) is 0 Å². The van der Waals surface area contributed by atoms with Crippen molar-refractivity contribution in [1.29, 1.82) is 0 Å². The number of nitrogens with zero attached hydrogens (tertiary/aromatic N) is 3. The van der Waals surface area contributed by atoms with Gasteiger partial charge in [0.2, 0.25) is 5.91 Å². The highest BCUT2D eigenvalue weighted by Crippen LogP contribution is 2.17. The fourth-order valence-corrected chi connectivity index (χ4v) is 3.60. The molecule has 0 unspecified atom stereocenters. The van der Waals surface area contributed by atoms with Crippen LogP contribution in [0.25, 0.3) is 0 Å². The van der Waals surface area contributed by atoms with Gasteiger partial charge in [0, 0.05) is 58.4 Å². The number of hydrogen-bond donors (Lipinski definition) is 1. The molecular formula is C19H28N4O2. The average Bonchev–Trinajstić information content (AvgIpc) is 2.67. The number of para-hydroxylation sites is 1. The standard InChI is InChI=1S/C19H28N4O2/c1-16(24)21-9-7-17(8-10-21)15-20-19(25)23-13-11-22(12-14-23)18-5-3-2-4-6-18/h2-6,17H,7-15H2,1H3,(H,20,25). The van der Waals surface area contributed by atoms with E-state index in [0.29, 0.717) is 12.5 Å². The number of benzene rings is 1. The first kappa shape index (κ1) is 17.6. The number of rotatable bonds is 3. The van der Waals surface area contributed by atoms with E-state index in [-0.39, 0.29) is 11.9 Å². The molecule has 6 nitrogen and oxygen atoms in total. The molecule has 1 aromatic carbocycles. The summed E-state index contributed by atoms with van der Waals surface area (Å²) < 4.78 is 0. The van der Waals surface area contributed by atoms with Crippen LogP contribution in [0.2, 0.25) is 0 Å². The van der Waals surface area contributed by atoms with Crippen LogP contribution in [-0.4, -0.2) is 67.6 Å². The minimum absolute atomic E-state index is 0.0432. The zero-order chi connectivity index (χ0) is 17.6. The monoisotopic (exact) mass is 344 g/mol. The molecule has 1 aromatic rings. The molecule has 1 N–H and O–H groups in total. The van der Waals surface area contributed by atoms with Crippen LogP contribution in [0, 0.1) is 5.92 Å². The molecule has 0 aromatic heterocycles. The maximum Gasteiger partial charge on any atom is 0.317 e. The molecule has 2 heterocycles. The lowest BCUT2D eigenvalue weighted by molar-refractivity contribution is -0.130. The van der Waals surface area contributed by atoms with Crippen LogP contribution in [0.4, 0.5) is 10.5 Å². The molecule has 2 saturated heterocycles. The normalized spacial score (nSPS) is 19.0. The van der Waals surface area contributed by atoms with Crippen molar-refractivity contribution in [2.24, 2.45) is 5.92 Å². The van der Waals surface area contributed by atoms with E-state index in [1.807, 2.05) is 28.0 Å². The van der Waals surface area contributed by atoms with Crippen molar-refractivity contribution in [3.63, 3.8) is 0 Å². The highest BCUT2D eigenvalue weighted by Gasteiger charge is 2.24. The first-order chi connectivity index (χ1) is 12.1. The van der Waals surface area contributed by atoms with E-state index in [2.05, 4.69) is 22.3 Å². The van der Waals surface area contributed by atoms with Gasteiger partial charge in [0.05, 0.1) is 0 Å². The molecule has 6 heteroatoms. The van der Waals surface area contributed by atoms with Crippen LogP contribution in [0.15, 0.2) is 30.3 Å². The fraction of sp³-hybridized carbons (Fsp3) is 0.579. The molecule has 2 aliphatic heterocycles.